The zero-order valence-corrected chi connectivity index (χ0v) is 12.1. The molecule has 0 radical (unpaired) electrons. The summed E-state index contributed by atoms with van der Waals surface area (Å²) in [7, 11) is 1.76. The Morgan fingerprint density at radius 2 is 1.89 bits per heavy atom. The SMILES string of the molecule is COc1c(C)c(C)cc(C)c1CCNCCCN. The van der Waals surface area contributed by atoms with Crippen LogP contribution in [0.4, 0.5) is 0 Å². The van der Waals surface area contributed by atoms with Crippen molar-refractivity contribution in [3.05, 3.63) is 28.3 Å². The Morgan fingerprint density at radius 3 is 2.50 bits per heavy atom. The molecule has 0 aliphatic carbocycles. The lowest BCUT2D eigenvalue weighted by Crippen LogP contribution is -2.21. The van der Waals surface area contributed by atoms with E-state index in [-0.39, 0.29) is 0 Å². The number of ether oxygens (including phenoxy) is 1. The van der Waals surface area contributed by atoms with Crippen LogP contribution < -0.4 is 15.8 Å². The van der Waals surface area contributed by atoms with Crippen LogP contribution in [0.15, 0.2) is 6.07 Å². The first-order chi connectivity index (χ1) is 8.61. The van der Waals surface area contributed by atoms with Gasteiger partial charge >= 0.3 is 0 Å². The maximum atomic E-state index is 5.57. The summed E-state index contributed by atoms with van der Waals surface area (Å²) in [5.74, 6) is 1.05. The van der Waals surface area contributed by atoms with Gasteiger partial charge in [-0.2, -0.15) is 0 Å². The molecule has 0 unspecified atom stereocenters. The fraction of sp³-hybridized carbons (Fsp3) is 0.600. The van der Waals surface area contributed by atoms with Crippen LogP contribution in [0.1, 0.15) is 28.7 Å². The monoisotopic (exact) mass is 250 g/mol. The van der Waals surface area contributed by atoms with Gasteiger partial charge in [0.05, 0.1) is 7.11 Å². The molecule has 0 spiro atoms. The van der Waals surface area contributed by atoms with E-state index in [2.05, 4.69) is 32.2 Å². The summed E-state index contributed by atoms with van der Waals surface area (Å²) >= 11 is 0. The molecule has 0 aromatic heterocycles. The molecule has 1 aromatic rings. The van der Waals surface area contributed by atoms with Crippen LogP contribution in [0, 0.1) is 20.8 Å². The summed E-state index contributed by atoms with van der Waals surface area (Å²) in [4.78, 5) is 0. The van der Waals surface area contributed by atoms with Gasteiger partial charge in [0.1, 0.15) is 5.75 Å². The minimum Gasteiger partial charge on any atom is -0.496 e. The lowest BCUT2D eigenvalue weighted by atomic mass is 9.97. The van der Waals surface area contributed by atoms with E-state index in [0.29, 0.717) is 0 Å². The highest BCUT2D eigenvalue weighted by Crippen LogP contribution is 2.29. The van der Waals surface area contributed by atoms with Crippen molar-refractivity contribution in [1.82, 2.24) is 5.32 Å². The van der Waals surface area contributed by atoms with Crippen LogP contribution in [0.5, 0.6) is 5.75 Å². The van der Waals surface area contributed by atoms with Gasteiger partial charge in [-0.15, -0.1) is 0 Å². The molecule has 3 N–H and O–H groups in total. The van der Waals surface area contributed by atoms with Crippen molar-refractivity contribution in [2.45, 2.75) is 33.6 Å². The zero-order valence-electron chi connectivity index (χ0n) is 12.1. The average Bonchev–Trinajstić information content (AvgIpc) is 2.35. The Morgan fingerprint density at radius 1 is 1.17 bits per heavy atom. The van der Waals surface area contributed by atoms with Crippen molar-refractivity contribution in [3.63, 3.8) is 0 Å². The largest absolute Gasteiger partial charge is 0.496 e. The molecule has 3 nitrogen and oxygen atoms in total. The molecule has 0 aliphatic rings. The van der Waals surface area contributed by atoms with Gasteiger partial charge in [-0.1, -0.05) is 6.07 Å². The van der Waals surface area contributed by atoms with Crippen LogP contribution >= 0.6 is 0 Å². The fourth-order valence-electron chi connectivity index (χ4n) is 2.26. The summed E-state index contributed by atoms with van der Waals surface area (Å²) in [6, 6.07) is 2.24. The van der Waals surface area contributed by atoms with E-state index in [1.165, 1.54) is 22.3 Å². The molecule has 0 atom stereocenters. The topological polar surface area (TPSA) is 47.3 Å². The van der Waals surface area contributed by atoms with Gasteiger partial charge in [-0.3, -0.25) is 0 Å². The Kier molecular flexibility index (Phi) is 6.16. The highest BCUT2D eigenvalue weighted by atomic mass is 16.5. The Balaban J connectivity index is 2.72. The Bertz CT molecular complexity index is 389. The van der Waals surface area contributed by atoms with Crippen LogP contribution in [0.2, 0.25) is 0 Å². The average molecular weight is 250 g/mol. The number of hydrogen-bond acceptors (Lipinski definition) is 3. The van der Waals surface area contributed by atoms with Crippen LogP contribution in [-0.2, 0) is 6.42 Å². The lowest BCUT2D eigenvalue weighted by molar-refractivity contribution is 0.405. The van der Waals surface area contributed by atoms with Crippen LogP contribution in [0.3, 0.4) is 0 Å². The second-order valence-electron chi connectivity index (χ2n) is 4.79. The number of nitrogens with two attached hydrogens (primary N) is 1. The van der Waals surface area contributed by atoms with Crippen LogP contribution in [-0.4, -0.2) is 26.7 Å². The first kappa shape index (κ1) is 15.0. The molecule has 102 valence electrons. The summed E-state index contributed by atoms with van der Waals surface area (Å²) in [6.07, 6.45) is 2.03. The fourth-order valence-corrected chi connectivity index (χ4v) is 2.26. The highest BCUT2D eigenvalue weighted by Gasteiger charge is 2.11. The molecule has 0 aliphatic heterocycles. The third-order valence-corrected chi connectivity index (χ3v) is 3.43. The van der Waals surface area contributed by atoms with Crippen LogP contribution in [0.25, 0.3) is 0 Å². The van der Waals surface area contributed by atoms with Gasteiger partial charge in [0, 0.05) is 0 Å². The molecule has 0 heterocycles. The number of benzene rings is 1. The van der Waals surface area contributed by atoms with E-state index in [1.807, 2.05) is 0 Å². The third-order valence-electron chi connectivity index (χ3n) is 3.43. The van der Waals surface area contributed by atoms with Crippen molar-refractivity contribution >= 4 is 0 Å². The second kappa shape index (κ2) is 7.39. The quantitative estimate of drug-likeness (QED) is 0.729. The zero-order chi connectivity index (χ0) is 13.5. The Hall–Kier alpha value is -1.06. The summed E-state index contributed by atoms with van der Waals surface area (Å²) in [5, 5.41) is 3.41. The normalized spacial score (nSPS) is 10.7. The van der Waals surface area contributed by atoms with E-state index in [9.17, 15) is 0 Å². The van der Waals surface area contributed by atoms with E-state index in [0.717, 1.165) is 38.2 Å². The van der Waals surface area contributed by atoms with Crippen molar-refractivity contribution < 1.29 is 4.74 Å². The molecule has 0 fully saturated rings. The van der Waals surface area contributed by atoms with E-state index in [4.69, 9.17) is 10.5 Å². The van der Waals surface area contributed by atoms with Gasteiger partial charge in [-0.05, 0) is 75.5 Å². The number of methoxy groups -OCH3 is 1. The molecule has 3 heteroatoms. The molecule has 0 amide bonds. The molecule has 0 saturated heterocycles. The molecule has 18 heavy (non-hydrogen) atoms. The van der Waals surface area contributed by atoms with Gasteiger partial charge < -0.3 is 15.8 Å². The number of nitrogens with one attached hydrogen (secondary N) is 1. The molecular weight excluding hydrogens is 224 g/mol. The maximum Gasteiger partial charge on any atom is 0.125 e. The molecule has 0 saturated carbocycles. The lowest BCUT2D eigenvalue weighted by Gasteiger charge is -2.16. The predicted octanol–water partition coefficient (Wildman–Crippen LogP) is 2.10. The maximum absolute atomic E-state index is 5.57. The molecule has 1 rings (SSSR count). The summed E-state index contributed by atoms with van der Waals surface area (Å²) < 4.78 is 5.57. The minimum atomic E-state index is 0.749. The second-order valence-corrected chi connectivity index (χ2v) is 4.79. The summed E-state index contributed by atoms with van der Waals surface area (Å²) in [6.45, 7) is 9.12. The minimum absolute atomic E-state index is 0.749. The standard InChI is InChI=1S/C15H26N2O/c1-11-10-12(2)14(15(18-4)13(11)3)6-9-17-8-5-7-16/h10,17H,5-9,16H2,1-4H3. The number of rotatable bonds is 7. The predicted molar refractivity (Wildman–Crippen MR) is 77.5 cm³/mol. The van der Waals surface area contributed by atoms with E-state index in [1.54, 1.807) is 7.11 Å². The van der Waals surface area contributed by atoms with Crippen molar-refractivity contribution in [1.29, 1.82) is 0 Å². The van der Waals surface area contributed by atoms with Gasteiger partial charge in [0.15, 0.2) is 0 Å². The smallest absolute Gasteiger partial charge is 0.125 e. The first-order valence-corrected chi connectivity index (χ1v) is 6.66. The van der Waals surface area contributed by atoms with Crippen molar-refractivity contribution in [2.75, 3.05) is 26.7 Å². The van der Waals surface area contributed by atoms with Crippen molar-refractivity contribution in [2.24, 2.45) is 5.73 Å². The summed E-state index contributed by atoms with van der Waals surface area (Å²) in [5.41, 5.74) is 10.6. The number of aryl methyl sites for hydroxylation is 2. The van der Waals surface area contributed by atoms with E-state index < -0.39 is 0 Å². The first-order valence-electron chi connectivity index (χ1n) is 6.66. The van der Waals surface area contributed by atoms with Gasteiger partial charge in [0.2, 0.25) is 0 Å². The number of hydrogen-bond donors (Lipinski definition) is 2. The van der Waals surface area contributed by atoms with E-state index >= 15 is 0 Å². The Labute approximate surface area is 111 Å². The highest BCUT2D eigenvalue weighted by molar-refractivity contribution is 5.49. The molecule has 0 bridgehead atoms. The molecule has 1 aromatic carbocycles. The van der Waals surface area contributed by atoms with Crippen molar-refractivity contribution in [3.8, 4) is 5.75 Å². The third kappa shape index (κ3) is 3.72. The van der Waals surface area contributed by atoms with Gasteiger partial charge in [0.25, 0.3) is 0 Å². The van der Waals surface area contributed by atoms with Gasteiger partial charge in [-0.25, -0.2) is 0 Å². The molecular formula is C15H26N2O.